The average Bonchev–Trinajstić information content (AvgIpc) is 2.72. The summed E-state index contributed by atoms with van der Waals surface area (Å²) in [5, 5.41) is 16.9. The number of aliphatic hydroxyl groups excluding tert-OH is 1. The Bertz CT molecular complexity index is 960. The lowest BCUT2D eigenvalue weighted by atomic mass is 10.0. The average molecular weight is 445 g/mol. The van der Waals surface area contributed by atoms with Crippen LogP contribution in [0.3, 0.4) is 0 Å². The summed E-state index contributed by atoms with van der Waals surface area (Å²) < 4.78 is 32.5. The minimum Gasteiger partial charge on any atom is -0.497 e. The maximum Gasteiger partial charge on any atom is 0.229 e. The molecule has 0 amide bonds. The molecule has 0 radical (unpaired) electrons. The third-order valence-corrected chi connectivity index (χ3v) is 4.64. The van der Waals surface area contributed by atoms with Gasteiger partial charge in [-0.05, 0) is 41.8 Å². The predicted octanol–water partition coefficient (Wildman–Crippen LogP) is 1.50. The highest BCUT2D eigenvalue weighted by Crippen LogP contribution is 2.16. The SMILES string of the molecule is COc1cccc(CNCC(O)[C@H](Cc2cc(F)cc(F)c2)Nc2nc(N)nc(N)n2)c1. The second-order valence-electron chi connectivity index (χ2n) is 7.16. The molecule has 3 aromatic rings. The number of ether oxygens (including phenoxy) is 1. The van der Waals surface area contributed by atoms with Crippen molar-refractivity contribution in [1.82, 2.24) is 20.3 Å². The van der Waals surface area contributed by atoms with Crippen LogP contribution in [0.1, 0.15) is 11.1 Å². The molecule has 2 atom stereocenters. The third kappa shape index (κ3) is 6.72. The highest BCUT2D eigenvalue weighted by molar-refractivity contribution is 5.38. The van der Waals surface area contributed by atoms with Gasteiger partial charge in [0.1, 0.15) is 17.4 Å². The number of benzene rings is 2. The van der Waals surface area contributed by atoms with Crippen molar-refractivity contribution < 1.29 is 18.6 Å². The van der Waals surface area contributed by atoms with E-state index >= 15 is 0 Å². The molecule has 0 saturated carbocycles. The van der Waals surface area contributed by atoms with E-state index in [9.17, 15) is 13.9 Å². The molecular weight excluding hydrogens is 420 g/mol. The third-order valence-electron chi connectivity index (χ3n) is 4.64. The largest absolute Gasteiger partial charge is 0.497 e. The van der Waals surface area contributed by atoms with Crippen molar-refractivity contribution >= 4 is 17.8 Å². The monoisotopic (exact) mass is 445 g/mol. The van der Waals surface area contributed by atoms with Gasteiger partial charge in [-0.3, -0.25) is 0 Å². The first kappa shape index (κ1) is 23.1. The van der Waals surface area contributed by atoms with Gasteiger partial charge in [0.2, 0.25) is 17.8 Å². The Morgan fingerprint density at radius 2 is 1.69 bits per heavy atom. The fourth-order valence-electron chi connectivity index (χ4n) is 3.19. The van der Waals surface area contributed by atoms with Crippen molar-refractivity contribution in [3.05, 3.63) is 65.2 Å². The van der Waals surface area contributed by atoms with Crippen molar-refractivity contribution in [2.24, 2.45) is 0 Å². The summed E-state index contributed by atoms with van der Waals surface area (Å²) in [4.78, 5) is 11.6. The minimum atomic E-state index is -0.980. The Kier molecular flexibility index (Phi) is 7.68. The van der Waals surface area contributed by atoms with Gasteiger partial charge in [0.15, 0.2) is 0 Å². The molecule has 1 aromatic heterocycles. The van der Waals surface area contributed by atoms with E-state index in [0.29, 0.717) is 12.1 Å². The molecule has 7 N–H and O–H groups in total. The van der Waals surface area contributed by atoms with Crippen LogP contribution in [0.4, 0.5) is 26.6 Å². The van der Waals surface area contributed by atoms with Crippen molar-refractivity contribution in [3.63, 3.8) is 0 Å². The molecule has 0 fully saturated rings. The Morgan fingerprint density at radius 1 is 1.00 bits per heavy atom. The number of nitrogens with zero attached hydrogens (tertiary/aromatic N) is 3. The number of methoxy groups -OCH3 is 1. The van der Waals surface area contributed by atoms with Crippen LogP contribution >= 0.6 is 0 Å². The number of hydrogen-bond acceptors (Lipinski definition) is 9. The van der Waals surface area contributed by atoms with Crippen LogP contribution in [0.15, 0.2) is 42.5 Å². The van der Waals surface area contributed by atoms with Crippen LogP contribution in [-0.4, -0.2) is 45.9 Å². The zero-order valence-electron chi connectivity index (χ0n) is 17.4. The van der Waals surface area contributed by atoms with Crippen LogP contribution < -0.4 is 26.8 Å². The molecule has 3 rings (SSSR count). The van der Waals surface area contributed by atoms with Crippen molar-refractivity contribution in [3.8, 4) is 5.75 Å². The topological polar surface area (TPSA) is 144 Å². The number of rotatable bonds is 10. The summed E-state index contributed by atoms with van der Waals surface area (Å²) in [5.74, 6) is -0.843. The molecule has 0 aliphatic heterocycles. The molecule has 1 unspecified atom stereocenters. The first-order valence-electron chi connectivity index (χ1n) is 9.82. The summed E-state index contributed by atoms with van der Waals surface area (Å²) in [6.07, 6.45) is -0.895. The number of anilines is 3. The number of aromatic nitrogens is 3. The van der Waals surface area contributed by atoms with E-state index in [0.717, 1.165) is 17.4 Å². The molecule has 0 aliphatic carbocycles. The quantitative estimate of drug-likeness (QED) is 0.313. The van der Waals surface area contributed by atoms with Gasteiger partial charge in [-0.1, -0.05) is 12.1 Å². The molecule has 11 heteroatoms. The van der Waals surface area contributed by atoms with Crippen LogP contribution in [0, 0.1) is 11.6 Å². The van der Waals surface area contributed by atoms with E-state index in [4.69, 9.17) is 16.2 Å². The molecule has 0 aliphatic rings. The number of halogens is 2. The first-order chi connectivity index (χ1) is 15.3. The second kappa shape index (κ2) is 10.6. The zero-order chi connectivity index (χ0) is 23.1. The van der Waals surface area contributed by atoms with Crippen LogP contribution in [0.25, 0.3) is 0 Å². The number of hydrogen-bond donors (Lipinski definition) is 5. The van der Waals surface area contributed by atoms with Gasteiger partial charge in [0.25, 0.3) is 0 Å². The minimum absolute atomic E-state index is 0.0451. The number of nitrogens with one attached hydrogen (secondary N) is 2. The number of aliphatic hydroxyl groups is 1. The Balaban J connectivity index is 1.72. The van der Waals surface area contributed by atoms with Crippen LogP contribution in [0.5, 0.6) is 5.75 Å². The number of nitrogens with two attached hydrogens (primary N) is 2. The van der Waals surface area contributed by atoms with E-state index in [1.807, 2.05) is 24.3 Å². The van der Waals surface area contributed by atoms with Crippen molar-refractivity contribution in [2.45, 2.75) is 25.1 Å². The lowest BCUT2D eigenvalue weighted by Gasteiger charge is -2.25. The van der Waals surface area contributed by atoms with E-state index in [2.05, 4.69) is 25.6 Å². The highest BCUT2D eigenvalue weighted by atomic mass is 19.1. The molecule has 32 heavy (non-hydrogen) atoms. The van der Waals surface area contributed by atoms with Crippen molar-refractivity contribution in [2.75, 3.05) is 30.4 Å². The summed E-state index contributed by atoms with van der Waals surface area (Å²) >= 11 is 0. The zero-order valence-corrected chi connectivity index (χ0v) is 17.4. The predicted molar refractivity (Wildman–Crippen MR) is 117 cm³/mol. The maximum absolute atomic E-state index is 13.7. The Hall–Kier alpha value is -3.57. The molecule has 2 aromatic carbocycles. The van der Waals surface area contributed by atoms with Gasteiger partial charge in [-0.2, -0.15) is 15.0 Å². The van der Waals surface area contributed by atoms with Crippen molar-refractivity contribution in [1.29, 1.82) is 0 Å². The molecule has 9 nitrogen and oxygen atoms in total. The standard InChI is InChI=1S/C21H25F2N7O2/c1-32-16-4-2-3-12(7-16)10-26-11-18(31)17(8-13-5-14(22)9-15(23)6-13)27-21-29-19(24)28-20(25)30-21/h2-7,9,17-18,26,31H,8,10-11H2,1H3,(H5,24,25,27,28,29,30)/t17-,18?/m0/s1. The summed E-state index contributed by atoms with van der Waals surface area (Å²) in [6.45, 7) is 0.643. The summed E-state index contributed by atoms with van der Waals surface area (Å²) in [5.41, 5.74) is 12.5. The van der Waals surface area contributed by atoms with Crippen LogP contribution in [-0.2, 0) is 13.0 Å². The molecule has 0 bridgehead atoms. The maximum atomic E-state index is 13.7. The van der Waals surface area contributed by atoms with Gasteiger partial charge in [-0.15, -0.1) is 0 Å². The fraction of sp³-hybridized carbons (Fsp3) is 0.286. The van der Waals surface area contributed by atoms with E-state index in [1.54, 1.807) is 7.11 Å². The van der Waals surface area contributed by atoms with Gasteiger partial charge < -0.3 is 31.9 Å². The van der Waals surface area contributed by atoms with Gasteiger partial charge in [-0.25, -0.2) is 8.78 Å². The smallest absolute Gasteiger partial charge is 0.229 e. The van der Waals surface area contributed by atoms with Crippen LogP contribution in [0.2, 0.25) is 0 Å². The lowest BCUT2D eigenvalue weighted by Crippen LogP contribution is -2.42. The first-order valence-corrected chi connectivity index (χ1v) is 9.82. The normalized spacial score (nSPS) is 12.9. The summed E-state index contributed by atoms with van der Waals surface area (Å²) in [6, 6.07) is 9.97. The summed E-state index contributed by atoms with van der Waals surface area (Å²) in [7, 11) is 1.59. The van der Waals surface area contributed by atoms with Gasteiger partial charge in [0, 0.05) is 19.2 Å². The molecule has 0 spiro atoms. The van der Waals surface area contributed by atoms with E-state index < -0.39 is 23.8 Å². The lowest BCUT2D eigenvalue weighted by molar-refractivity contribution is 0.148. The molecular formula is C21H25F2N7O2. The second-order valence-corrected chi connectivity index (χ2v) is 7.16. The Morgan fingerprint density at radius 3 is 2.34 bits per heavy atom. The van der Waals surface area contributed by atoms with E-state index in [1.165, 1.54) is 12.1 Å². The molecule has 170 valence electrons. The highest BCUT2D eigenvalue weighted by Gasteiger charge is 2.22. The van der Waals surface area contributed by atoms with Gasteiger partial charge in [0.05, 0.1) is 19.3 Å². The Labute approximate surface area is 183 Å². The van der Waals surface area contributed by atoms with E-state index in [-0.39, 0.29) is 30.8 Å². The number of nitrogen functional groups attached to an aromatic ring is 2. The fourth-order valence-corrected chi connectivity index (χ4v) is 3.19. The van der Waals surface area contributed by atoms with Gasteiger partial charge >= 0.3 is 0 Å². The molecule has 0 saturated heterocycles. The molecule has 1 heterocycles.